The number of nitrogens with zero attached hydrogens (tertiary/aromatic N) is 1. The molecular formula is C18H20N2O4. The fraction of sp³-hybridized carbons (Fsp3) is 0.167. The fourth-order valence-corrected chi connectivity index (χ4v) is 1.89. The van der Waals surface area contributed by atoms with Crippen LogP contribution in [0.3, 0.4) is 0 Å². The van der Waals surface area contributed by atoms with Gasteiger partial charge >= 0.3 is 11.9 Å². The molecule has 0 aliphatic carbocycles. The first kappa shape index (κ1) is 19.1. The van der Waals surface area contributed by atoms with Crippen molar-refractivity contribution < 1.29 is 19.8 Å². The van der Waals surface area contributed by atoms with Crippen molar-refractivity contribution in [1.82, 2.24) is 10.3 Å². The van der Waals surface area contributed by atoms with Gasteiger partial charge in [0.1, 0.15) is 0 Å². The molecule has 0 radical (unpaired) electrons. The van der Waals surface area contributed by atoms with Gasteiger partial charge < -0.3 is 15.5 Å². The molecule has 0 saturated carbocycles. The van der Waals surface area contributed by atoms with Crippen molar-refractivity contribution in [3.63, 3.8) is 0 Å². The van der Waals surface area contributed by atoms with E-state index in [0.717, 1.165) is 13.1 Å². The summed E-state index contributed by atoms with van der Waals surface area (Å²) < 4.78 is 0. The minimum absolute atomic E-state index is 0.558. The molecule has 0 unspecified atom stereocenters. The number of carbonyl (C=O) groups is 2. The van der Waals surface area contributed by atoms with E-state index < -0.39 is 11.9 Å². The van der Waals surface area contributed by atoms with Gasteiger partial charge in [0.25, 0.3) is 0 Å². The zero-order valence-electron chi connectivity index (χ0n) is 13.3. The summed E-state index contributed by atoms with van der Waals surface area (Å²) in [6.07, 6.45) is 4.78. The van der Waals surface area contributed by atoms with Crippen LogP contribution in [0, 0.1) is 0 Å². The highest BCUT2D eigenvalue weighted by atomic mass is 16.4. The van der Waals surface area contributed by atoms with E-state index in [1.165, 1.54) is 16.7 Å². The van der Waals surface area contributed by atoms with Crippen LogP contribution in [0.4, 0.5) is 0 Å². The van der Waals surface area contributed by atoms with Gasteiger partial charge in [-0.05, 0) is 35.4 Å². The molecule has 0 bridgehead atoms. The summed E-state index contributed by atoms with van der Waals surface area (Å²) in [4.78, 5) is 23.2. The Balaban J connectivity index is 0.000000307. The Labute approximate surface area is 140 Å². The standard InChI is InChI=1S/C14H16N2.C4H4O4/c1-2-15-11-13-5-3-4-6-14(13)12-7-9-16-10-8-12;5-3(6)1-2-4(7)8/h3-10,15H,2,11H2,1H3;1-2H,(H,5,6)(H,7,8)/b;2-1-. The Morgan fingerprint density at radius 2 is 1.62 bits per heavy atom. The molecular weight excluding hydrogens is 308 g/mol. The molecule has 1 aromatic heterocycles. The van der Waals surface area contributed by atoms with Crippen molar-refractivity contribution in [1.29, 1.82) is 0 Å². The Bertz CT molecular complexity index is 668. The van der Waals surface area contributed by atoms with Gasteiger partial charge in [-0.25, -0.2) is 9.59 Å². The average Bonchev–Trinajstić information content (AvgIpc) is 2.60. The number of pyridine rings is 1. The molecule has 1 heterocycles. The highest BCUT2D eigenvalue weighted by Gasteiger charge is 2.02. The average molecular weight is 328 g/mol. The van der Waals surface area contributed by atoms with Crippen molar-refractivity contribution in [2.75, 3.05) is 6.54 Å². The summed E-state index contributed by atoms with van der Waals surface area (Å²) in [5.41, 5.74) is 3.84. The lowest BCUT2D eigenvalue weighted by molar-refractivity contribution is -0.134. The molecule has 6 heteroatoms. The van der Waals surface area contributed by atoms with E-state index >= 15 is 0 Å². The summed E-state index contributed by atoms with van der Waals surface area (Å²) in [6.45, 7) is 4.02. The molecule has 0 spiro atoms. The zero-order valence-corrected chi connectivity index (χ0v) is 13.3. The summed E-state index contributed by atoms with van der Waals surface area (Å²) in [6, 6.07) is 12.6. The molecule has 2 aromatic rings. The molecule has 0 saturated heterocycles. The quantitative estimate of drug-likeness (QED) is 0.705. The SMILES string of the molecule is CCNCc1ccccc1-c1ccncc1.O=C(O)/C=C\C(=O)O. The first-order chi connectivity index (χ1) is 11.5. The van der Waals surface area contributed by atoms with Gasteiger partial charge in [-0.3, -0.25) is 4.98 Å². The molecule has 0 atom stereocenters. The number of hydrogen-bond donors (Lipinski definition) is 3. The number of carboxylic acid groups (broad SMARTS) is 2. The number of carboxylic acids is 2. The van der Waals surface area contributed by atoms with Crippen LogP contribution in [0.1, 0.15) is 12.5 Å². The van der Waals surface area contributed by atoms with E-state index in [9.17, 15) is 9.59 Å². The summed E-state index contributed by atoms with van der Waals surface area (Å²) in [5.74, 6) is -2.51. The first-order valence-corrected chi connectivity index (χ1v) is 7.37. The van der Waals surface area contributed by atoms with Crippen molar-refractivity contribution in [2.45, 2.75) is 13.5 Å². The van der Waals surface area contributed by atoms with Crippen LogP contribution < -0.4 is 5.32 Å². The zero-order chi connectivity index (χ0) is 17.8. The van der Waals surface area contributed by atoms with Crippen LogP contribution in [-0.4, -0.2) is 33.7 Å². The van der Waals surface area contributed by atoms with E-state index in [1.807, 2.05) is 24.5 Å². The second kappa shape index (κ2) is 10.7. The molecule has 24 heavy (non-hydrogen) atoms. The molecule has 3 N–H and O–H groups in total. The van der Waals surface area contributed by atoms with Crippen LogP contribution in [0.5, 0.6) is 0 Å². The predicted molar refractivity (Wildman–Crippen MR) is 91.5 cm³/mol. The van der Waals surface area contributed by atoms with Crippen LogP contribution in [0.15, 0.2) is 60.9 Å². The van der Waals surface area contributed by atoms with E-state index in [-0.39, 0.29) is 0 Å². The lowest BCUT2D eigenvalue weighted by atomic mass is 10.0. The number of nitrogens with one attached hydrogen (secondary N) is 1. The van der Waals surface area contributed by atoms with Crippen LogP contribution in [0.2, 0.25) is 0 Å². The summed E-state index contributed by atoms with van der Waals surface area (Å²) in [7, 11) is 0. The van der Waals surface area contributed by atoms with Crippen molar-refractivity contribution >= 4 is 11.9 Å². The van der Waals surface area contributed by atoms with Gasteiger partial charge in [0.15, 0.2) is 0 Å². The number of hydrogen-bond acceptors (Lipinski definition) is 4. The van der Waals surface area contributed by atoms with Crippen molar-refractivity contribution in [3.8, 4) is 11.1 Å². The lowest BCUT2D eigenvalue weighted by Gasteiger charge is -2.09. The van der Waals surface area contributed by atoms with Crippen LogP contribution in [0.25, 0.3) is 11.1 Å². The minimum atomic E-state index is -1.26. The fourth-order valence-electron chi connectivity index (χ4n) is 1.89. The van der Waals surface area contributed by atoms with Gasteiger partial charge in [0.05, 0.1) is 0 Å². The van der Waals surface area contributed by atoms with E-state index in [1.54, 1.807) is 0 Å². The predicted octanol–water partition coefficient (Wildman–Crippen LogP) is 2.57. The molecule has 6 nitrogen and oxygen atoms in total. The molecule has 2 rings (SSSR count). The van der Waals surface area contributed by atoms with Crippen LogP contribution in [-0.2, 0) is 16.1 Å². The van der Waals surface area contributed by atoms with Gasteiger partial charge in [-0.15, -0.1) is 0 Å². The highest BCUT2D eigenvalue weighted by Crippen LogP contribution is 2.22. The van der Waals surface area contributed by atoms with Crippen molar-refractivity contribution in [2.24, 2.45) is 0 Å². The molecule has 1 aromatic carbocycles. The Morgan fingerprint density at radius 3 is 2.17 bits per heavy atom. The molecule has 0 fully saturated rings. The number of aromatic nitrogens is 1. The Hall–Kier alpha value is -2.99. The summed E-state index contributed by atoms with van der Waals surface area (Å²) in [5, 5.41) is 19.0. The number of benzene rings is 1. The van der Waals surface area contributed by atoms with E-state index in [0.29, 0.717) is 12.2 Å². The molecule has 0 aliphatic rings. The minimum Gasteiger partial charge on any atom is -0.478 e. The lowest BCUT2D eigenvalue weighted by Crippen LogP contribution is -2.12. The van der Waals surface area contributed by atoms with Gasteiger partial charge in [-0.1, -0.05) is 31.2 Å². The maximum absolute atomic E-state index is 9.55. The maximum atomic E-state index is 9.55. The Kier molecular flexibility index (Phi) is 8.49. The number of aliphatic carboxylic acids is 2. The molecule has 0 aliphatic heterocycles. The van der Waals surface area contributed by atoms with E-state index in [4.69, 9.17) is 10.2 Å². The van der Waals surface area contributed by atoms with E-state index in [2.05, 4.69) is 41.5 Å². The topological polar surface area (TPSA) is 99.5 Å². The summed E-state index contributed by atoms with van der Waals surface area (Å²) >= 11 is 0. The third-order valence-corrected chi connectivity index (χ3v) is 2.94. The Morgan fingerprint density at radius 1 is 1.04 bits per heavy atom. The third-order valence-electron chi connectivity index (χ3n) is 2.94. The third kappa shape index (κ3) is 7.33. The largest absolute Gasteiger partial charge is 0.478 e. The maximum Gasteiger partial charge on any atom is 0.328 e. The first-order valence-electron chi connectivity index (χ1n) is 7.37. The second-order valence-electron chi connectivity index (χ2n) is 4.68. The molecule has 0 amide bonds. The molecule has 126 valence electrons. The second-order valence-corrected chi connectivity index (χ2v) is 4.68. The van der Waals surface area contributed by atoms with Gasteiger partial charge in [-0.2, -0.15) is 0 Å². The number of rotatable bonds is 6. The normalized spacial score (nSPS) is 10.0. The van der Waals surface area contributed by atoms with Crippen molar-refractivity contribution in [3.05, 3.63) is 66.5 Å². The van der Waals surface area contributed by atoms with Crippen LogP contribution >= 0.6 is 0 Å². The smallest absolute Gasteiger partial charge is 0.328 e. The van der Waals surface area contributed by atoms with Gasteiger partial charge in [0, 0.05) is 31.1 Å². The highest BCUT2D eigenvalue weighted by molar-refractivity contribution is 5.89. The monoisotopic (exact) mass is 328 g/mol. The van der Waals surface area contributed by atoms with Gasteiger partial charge in [0.2, 0.25) is 0 Å².